The third kappa shape index (κ3) is 5.06. The van der Waals surface area contributed by atoms with E-state index in [0.717, 1.165) is 39.0 Å². The molecule has 0 aromatic rings. The van der Waals surface area contributed by atoms with Crippen LogP contribution in [-0.4, -0.2) is 79.5 Å². The number of likely N-dealkylation sites (tertiary alicyclic amines) is 1. The molecule has 134 valence electrons. The molecule has 6 heteroatoms. The first-order valence-electron chi connectivity index (χ1n) is 8.78. The summed E-state index contributed by atoms with van der Waals surface area (Å²) in [5.41, 5.74) is -0.0766. The molecule has 2 aliphatic rings. The molecule has 0 spiro atoms. The number of nitrogens with zero attached hydrogens (tertiary/aromatic N) is 2. The molecule has 2 saturated heterocycles. The van der Waals surface area contributed by atoms with E-state index in [4.69, 9.17) is 9.47 Å². The Morgan fingerprint density at radius 3 is 2.30 bits per heavy atom. The number of nitrogens with one attached hydrogen (secondary N) is 1. The van der Waals surface area contributed by atoms with Crippen LogP contribution in [0.2, 0.25) is 0 Å². The number of ether oxygens (including phenoxy) is 2. The minimum Gasteiger partial charge on any atom is -0.381 e. The van der Waals surface area contributed by atoms with Gasteiger partial charge in [-0.25, -0.2) is 4.79 Å². The number of hydrogen-bond acceptors (Lipinski definition) is 4. The summed E-state index contributed by atoms with van der Waals surface area (Å²) in [4.78, 5) is 16.7. The van der Waals surface area contributed by atoms with E-state index in [9.17, 15) is 4.79 Å². The molecule has 2 aliphatic heterocycles. The number of urea groups is 1. The van der Waals surface area contributed by atoms with Crippen molar-refractivity contribution in [1.29, 1.82) is 0 Å². The van der Waals surface area contributed by atoms with E-state index in [2.05, 4.69) is 37.9 Å². The van der Waals surface area contributed by atoms with Crippen LogP contribution in [0, 0.1) is 0 Å². The van der Waals surface area contributed by atoms with Gasteiger partial charge in [0.2, 0.25) is 0 Å². The molecule has 2 rings (SSSR count). The van der Waals surface area contributed by atoms with Crippen molar-refractivity contribution >= 4 is 6.03 Å². The van der Waals surface area contributed by atoms with Crippen LogP contribution in [0.15, 0.2) is 0 Å². The van der Waals surface area contributed by atoms with E-state index in [0.29, 0.717) is 12.6 Å². The smallest absolute Gasteiger partial charge is 0.317 e. The fourth-order valence-electron chi connectivity index (χ4n) is 3.48. The van der Waals surface area contributed by atoms with E-state index in [1.807, 2.05) is 4.90 Å². The predicted octanol–water partition coefficient (Wildman–Crippen LogP) is 1.69. The molecular weight excluding hydrogens is 294 g/mol. The Kier molecular flexibility index (Phi) is 6.28. The van der Waals surface area contributed by atoms with Crippen LogP contribution in [0.1, 0.15) is 40.5 Å². The van der Waals surface area contributed by atoms with Crippen molar-refractivity contribution in [2.24, 2.45) is 0 Å². The van der Waals surface area contributed by atoms with Crippen LogP contribution in [0.5, 0.6) is 0 Å². The van der Waals surface area contributed by atoms with E-state index in [1.165, 1.54) is 0 Å². The van der Waals surface area contributed by atoms with Gasteiger partial charge in [-0.2, -0.15) is 0 Å². The molecule has 2 amide bonds. The molecule has 6 nitrogen and oxygen atoms in total. The van der Waals surface area contributed by atoms with Gasteiger partial charge < -0.3 is 19.7 Å². The van der Waals surface area contributed by atoms with E-state index >= 15 is 0 Å². The molecule has 23 heavy (non-hydrogen) atoms. The Bertz CT molecular complexity index is 385. The van der Waals surface area contributed by atoms with Crippen LogP contribution in [0.4, 0.5) is 4.79 Å². The second kappa shape index (κ2) is 7.81. The Labute approximate surface area is 140 Å². The number of piperidine rings is 1. The average molecular weight is 327 g/mol. The van der Waals surface area contributed by atoms with Gasteiger partial charge in [-0.15, -0.1) is 0 Å². The average Bonchev–Trinajstić information content (AvgIpc) is 2.52. The highest BCUT2D eigenvalue weighted by Crippen LogP contribution is 2.21. The van der Waals surface area contributed by atoms with Gasteiger partial charge >= 0.3 is 6.03 Å². The number of amides is 2. The summed E-state index contributed by atoms with van der Waals surface area (Å²) in [6, 6.07) is 0.0435. The lowest BCUT2D eigenvalue weighted by molar-refractivity contribution is -0.0948. The second-order valence-corrected chi connectivity index (χ2v) is 7.56. The Morgan fingerprint density at radius 2 is 1.78 bits per heavy atom. The van der Waals surface area contributed by atoms with Crippen molar-refractivity contribution in [3.05, 3.63) is 0 Å². The first-order valence-corrected chi connectivity index (χ1v) is 8.78. The summed E-state index contributed by atoms with van der Waals surface area (Å²) in [6.07, 6.45) is 2.62. The lowest BCUT2D eigenvalue weighted by Crippen LogP contribution is -2.59. The fourth-order valence-corrected chi connectivity index (χ4v) is 3.48. The quantitative estimate of drug-likeness (QED) is 0.854. The van der Waals surface area contributed by atoms with Crippen molar-refractivity contribution < 1.29 is 14.3 Å². The summed E-state index contributed by atoms with van der Waals surface area (Å²) in [7, 11) is 1.74. The van der Waals surface area contributed by atoms with Gasteiger partial charge in [-0.05, 0) is 40.5 Å². The minimum absolute atomic E-state index is 0.0435. The third-order valence-corrected chi connectivity index (χ3v) is 5.01. The molecule has 2 unspecified atom stereocenters. The summed E-state index contributed by atoms with van der Waals surface area (Å²) in [6.45, 7) is 12.6. The Balaban J connectivity index is 1.80. The normalized spacial score (nSPS) is 28.0. The number of methoxy groups -OCH3 is 1. The highest BCUT2D eigenvalue weighted by Gasteiger charge is 2.34. The number of rotatable bonds is 4. The van der Waals surface area contributed by atoms with Gasteiger partial charge in [-0.1, -0.05) is 0 Å². The maximum absolute atomic E-state index is 12.4. The fraction of sp³-hybridized carbons (Fsp3) is 0.941. The predicted molar refractivity (Wildman–Crippen MR) is 90.7 cm³/mol. The zero-order chi connectivity index (χ0) is 17.0. The number of hydrogen-bond donors (Lipinski definition) is 1. The molecule has 0 aliphatic carbocycles. The number of carbonyl (C=O) groups is 1. The molecule has 0 bridgehead atoms. The Hall–Kier alpha value is -0.850. The van der Waals surface area contributed by atoms with Gasteiger partial charge in [0.25, 0.3) is 0 Å². The standard InChI is InChI=1S/C17H33N3O3/c1-13-10-20(11-14(2)23-13)17(3,4)12-18-16(21)19-8-6-15(22-5)7-9-19/h13-15H,6-12H2,1-5H3,(H,18,21). The Morgan fingerprint density at radius 1 is 1.22 bits per heavy atom. The van der Waals surface area contributed by atoms with Crippen LogP contribution in [0.3, 0.4) is 0 Å². The second-order valence-electron chi connectivity index (χ2n) is 7.56. The van der Waals surface area contributed by atoms with Crippen LogP contribution in [-0.2, 0) is 9.47 Å². The molecule has 2 atom stereocenters. The minimum atomic E-state index is -0.0766. The molecule has 0 saturated carbocycles. The highest BCUT2D eigenvalue weighted by atomic mass is 16.5. The summed E-state index contributed by atoms with van der Waals surface area (Å²) < 4.78 is 11.2. The van der Waals surface area contributed by atoms with Crippen LogP contribution in [0.25, 0.3) is 0 Å². The summed E-state index contributed by atoms with van der Waals surface area (Å²) >= 11 is 0. The van der Waals surface area contributed by atoms with Gasteiger partial charge in [0.1, 0.15) is 0 Å². The van der Waals surface area contributed by atoms with E-state index in [1.54, 1.807) is 7.11 Å². The molecule has 0 aromatic heterocycles. The van der Waals surface area contributed by atoms with Gasteiger partial charge in [0.05, 0.1) is 18.3 Å². The monoisotopic (exact) mass is 327 g/mol. The first kappa shape index (κ1) is 18.5. The largest absolute Gasteiger partial charge is 0.381 e. The zero-order valence-electron chi connectivity index (χ0n) is 15.3. The zero-order valence-corrected chi connectivity index (χ0v) is 15.3. The lowest BCUT2D eigenvalue weighted by Gasteiger charge is -2.45. The van der Waals surface area contributed by atoms with E-state index in [-0.39, 0.29) is 23.8 Å². The van der Waals surface area contributed by atoms with Crippen molar-refractivity contribution in [2.45, 2.75) is 64.4 Å². The van der Waals surface area contributed by atoms with Crippen molar-refractivity contribution in [2.75, 3.05) is 39.8 Å². The topological polar surface area (TPSA) is 54.0 Å². The summed E-state index contributed by atoms with van der Waals surface area (Å²) in [5.74, 6) is 0. The van der Waals surface area contributed by atoms with Gasteiger partial charge in [0.15, 0.2) is 0 Å². The SMILES string of the molecule is COC1CCN(C(=O)NCC(C)(C)N2CC(C)OC(C)C2)CC1. The molecule has 2 heterocycles. The lowest BCUT2D eigenvalue weighted by atomic mass is 10.00. The molecule has 0 aromatic carbocycles. The maximum Gasteiger partial charge on any atom is 0.317 e. The van der Waals surface area contributed by atoms with Crippen molar-refractivity contribution in [1.82, 2.24) is 15.1 Å². The first-order chi connectivity index (χ1) is 10.8. The number of morpholine rings is 1. The highest BCUT2D eigenvalue weighted by molar-refractivity contribution is 5.74. The van der Waals surface area contributed by atoms with Crippen LogP contribution < -0.4 is 5.32 Å². The maximum atomic E-state index is 12.4. The van der Waals surface area contributed by atoms with Crippen molar-refractivity contribution in [3.8, 4) is 0 Å². The summed E-state index contributed by atoms with van der Waals surface area (Å²) in [5, 5.41) is 3.12. The third-order valence-electron chi connectivity index (χ3n) is 5.01. The molecule has 1 N–H and O–H groups in total. The van der Waals surface area contributed by atoms with E-state index < -0.39 is 0 Å². The van der Waals surface area contributed by atoms with Crippen molar-refractivity contribution in [3.63, 3.8) is 0 Å². The van der Waals surface area contributed by atoms with Gasteiger partial charge in [0, 0.05) is 45.4 Å². The number of carbonyl (C=O) groups excluding carboxylic acids is 1. The molecule has 2 fully saturated rings. The molecule has 0 radical (unpaired) electrons. The van der Waals surface area contributed by atoms with Crippen LogP contribution >= 0.6 is 0 Å². The van der Waals surface area contributed by atoms with Gasteiger partial charge in [-0.3, -0.25) is 4.90 Å². The molecular formula is C17H33N3O3.